The maximum absolute atomic E-state index is 13.4. The van der Waals surface area contributed by atoms with Gasteiger partial charge in [-0.15, -0.1) is 0 Å². The Balaban J connectivity index is 1.54. The fraction of sp³-hybridized carbons (Fsp3) is 0.208. The van der Waals surface area contributed by atoms with Gasteiger partial charge in [0.05, 0.1) is 17.1 Å². The molecule has 1 N–H and O–H groups in total. The number of rotatable bonds is 6. The number of nitrogens with one attached hydrogen (secondary N) is 1. The van der Waals surface area contributed by atoms with Crippen LogP contribution in [0.15, 0.2) is 77.7 Å². The average Bonchev–Trinajstić information content (AvgIpc) is 2.80. The van der Waals surface area contributed by atoms with Gasteiger partial charge in [-0.3, -0.25) is 9.10 Å². The van der Waals surface area contributed by atoms with Gasteiger partial charge >= 0.3 is 0 Å². The molecule has 3 aromatic carbocycles. The smallest absolute Gasteiger partial charge is 0.264 e. The van der Waals surface area contributed by atoms with E-state index in [1.54, 1.807) is 54.6 Å². The molecule has 1 atom stereocenters. The molecule has 0 saturated heterocycles. The third-order valence-electron chi connectivity index (χ3n) is 5.23. The van der Waals surface area contributed by atoms with E-state index < -0.39 is 16.1 Å². The fourth-order valence-electron chi connectivity index (χ4n) is 3.54. The number of carbonyl (C=O) groups excluding carboxylic acids is 1. The number of carbonyl (C=O) groups is 1. The van der Waals surface area contributed by atoms with Gasteiger partial charge in [0, 0.05) is 11.6 Å². The van der Waals surface area contributed by atoms with Gasteiger partial charge < -0.3 is 10.1 Å². The van der Waals surface area contributed by atoms with E-state index in [-0.39, 0.29) is 17.3 Å². The summed E-state index contributed by atoms with van der Waals surface area (Å²) in [5.41, 5.74) is 2.36. The molecule has 0 fully saturated rings. The standard InChI is InChI=1S/C24H23ClN2O4S/c1-17-7-12-22-21(15-17)27(32(29,30)20-5-3-2-4-6-20)16-23(31-22)24(28)26-14-13-18-8-10-19(25)11-9-18/h2-12,15,23H,13-14,16H2,1H3,(H,26,28)/t23-/m0/s1. The summed E-state index contributed by atoms with van der Waals surface area (Å²) in [6, 6.07) is 20.9. The minimum Gasteiger partial charge on any atom is -0.476 e. The molecule has 0 unspecified atom stereocenters. The summed E-state index contributed by atoms with van der Waals surface area (Å²) >= 11 is 5.90. The van der Waals surface area contributed by atoms with Crippen molar-refractivity contribution in [1.82, 2.24) is 5.32 Å². The highest BCUT2D eigenvalue weighted by Crippen LogP contribution is 2.37. The van der Waals surface area contributed by atoms with Gasteiger partial charge in [-0.25, -0.2) is 8.42 Å². The lowest BCUT2D eigenvalue weighted by atomic mass is 10.1. The van der Waals surface area contributed by atoms with Crippen molar-refractivity contribution in [2.45, 2.75) is 24.3 Å². The molecular formula is C24H23ClN2O4S. The Morgan fingerprint density at radius 2 is 1.81 bits per heavy atom. The molecule has 3 aromatic rings. The number of aryl methyl sites for hydroxylation is 1. The number of anilines is 1. The largest absolute Gasteiger partial charge is 0.476 e. The number of sulfonamides is 1. The van der Waals surface area contributed by atoms with E-state index in [1.807, 2.05) is 25.1 Å². The first-order chi connectivity index (χ1) is 15.3. The van der Waals surface area contributed by atoms with Crippen LogP contribution in [-0.4, -0.2) is 33.5 Å². The van der Waals surface area contributed by atoms with Gasteiger partial charge in [-0.1, -0.05) is 48.0 Å². The lowest BCUT2D eigenvalue weighted by Gasteiger charge is -2.35. The van der Waals surface area contributed by atoms with Gasteiger partial charge in [0.1, 0.15) is 5.75 Å². The predicted molar refractivity (Wildman–Crippen MR) is 125 cm³/mol. The van der Waals surface area contributed by atoms with Gasteiger partial charge in [0.2, 0.25) is 0 Å². The van der Waals surface area contributed by atoms with Crippen LogP contribution in [0.5, 0.6) is 5.75 Å². The lowest BCUT2D eigenvalue weighted by Crippen LogP contribution is -2.51. The zero-order valence-corrected chi connectivity index (χ0v) is 19.1. The Morgan fingerprint density at radius 3 is 2.53 bits per heavy atom. The average molecular weight is 471 g/mol. The van der Waals surface area contributed by atoms with E-state index in [9.17, 15) is 13.2 Å². The Kier molecular flexibility index (Phi) is 6.39. The van der Waals surface area contributed by atoms with Crippen LogP contribution in [0.2, 0.25) is 5.02 Å². The Hall–Kier alpha value is -3.03. The summed E-state index contributed by atoms with van der Waals surface area (Å²) in [4.78, 5) is 13.0. The molecule has 0 bridgehead atoms. The quantitative estimate of drug-likeness (QED) is 0.591. The second kappa shape index (κ2) is 9.22. The highest BCUT2D eigenvalue weighted by molar-refractivity contribution is 7.92. The molecule has 1 aliphatic rings. The van der Waals surface area contributed by atoms with Crippen molar-refractivity contribution in [1.29, 1.82) is 0 Å². The number of hydrogen-bond donors (Lipinski definition) is 1. The van der Waals surface area contributed by atoms with Crippen molar-refractivity contribution in [2.24, 2.45) is 0 Å². The SMILES string of the molecule is Cc1ccc2c(c1)N(S(=O)(=O)c1ccccc1)C[C@@H](C(=O)NCCc1ccc(Cl)cc1)O2. The highest BCUT2D eigenvalue weighted by Gasteiger charge is 2.37. The van der Waals surface area contributed by atoms with Crippen molar-refractivity contribution in [3.8, 4) is 5.75 Å². The number of amides is 1. The van der Waals surface area contributed by atoms with Crippen molar-refractivity contribution < 1.29 is 17.9 Å². The van der Waals surface area contributed by atoms with Crippen LogP contribution >= 0.6 is 11.6 Å². The monoisotopic (exact) mass is 470 g/mol. The van der Waals surface area contributed by atoms with Gasteiger partial charge in [-0.05, 0) is 60.9 Å². The van der Waals surface area contributed by atoms with Crippen molar-refractivity contribution in [3.05, 3.63) is 88.9 Å². The summed E-state index contributed by atoms with van der Waals surface area (Å²) in [5.74, 6) is -0.00217. The summed E-state index contributed by atoms with van der Waals surface area (Å²) in [6.45, 7) is 2.16. The van der Waals surface area contributed by atoms with Crippen molar-refractivity contribution >= 4 is 33.2 Å². The number of nitrogens with zero attached hydrogens (tertiary/aromatic N) is 1. The normalized spacial score (nSPS) is 15.6. The molecule has 32 heavy (non-hydrogen) atoms. The molecule has 6 nitrogen and oxygen atoms in total. The van der Waals surface area contributed by atoms with Crippen molar-refractivity contribution in [2.75, 3.05) is 17.4 Å². The molecule has 0 radical (unpaired) electrons. The van der Waals surface area contributed by atoms with Crippen LogP contribution in [0.1, 0.15) is 11.1 Å². The van der Waals surface area contributed by atoms with E-state index >= 15 is 0 Å². The van der Waals surface area contributed by atoms with E-state index in [1.165, 1.54) is 4.31 Å². The Labute approximate surface area is 192 Å². The molecule has 1 aliphatic heterocycles. The van der Waals surface area contributed by atoms with Crippen LogP contribution in [0.3, 0.4) is 0 Å². The molecule has 1 heterocycles. The van der Waals surface area contributed by atoms with E-state index in [0.29, 0.717) is 29.4 Å². The van der Waals surface area contributed by atoms with E-state index in [4.69, 9.17) is 16.3 Å². The Morgan fingerprint density at radius 1 is 1.09 bits per heavy atom. The molecule has 0 aromatic heterocycles. The molecule has 4 rings (SSSR count). The summed E-state index contributed by atoms with van der Waals surface area (Å²) in [5, 5.41) is 3.51. The Bertz CT molecular complexity index is 1210. The van der Waals surface area contributed by atoms with Crippen LogP contribution < -0.4 is 14.4 Å². The summed E-state index contributed by atoms with van der Waals surface area (Å²) in [7, 11) is -3.87. The lowest BCUT2D eigenvalue weighted by molar-refractivity contribution is -0.127. The molecule has 166 valence electrons. The number of hydrogen-bond acceptors (Lipinski definition) is 4. The minimum absolute atomic E-state index is 0.111. The number of fused-ring (bicyclic) bond motifs is 1. The predicted octanol–water partition coefficient (Wildman–Crippen LogP) is 3.96. The minimum atomic E-state index is -3.87. The first kappa shape index (κ1) is 22.2. The molecular weight excluding hydrogens is 448 g/mol. The summed E-state index contributed by atoms with van der Waals surface area (Å²) in [6.07, 6.45) is -0.342. The molecule has 8 heteroatoms. The zero-order chi connectivity index (χ0) is 22.7. The van der Waals surface area contributed by atoms with Gasteiger partial charge in [0.15, 0.2) is 6.10 Å². The van der Waals surface area contributed by atoms with Gasteiger partial charge in [0.25, 0.3) is 15.9 Å². The maximum Gasteiger partial charge on any atom is 0.264 e. The number of benzene rings is 3. The summed E-state index contributed by atoms with van der Waals surface area (Å²) < 4.78 is 33.9. The molecule has 0 spiro atoms. The van der Waals surface area contributed by atoms with Crippen LogP contribution in [0.4, 0.5) is 5.69 Å². The number of ether oxygens (including phenoxy) is 1. The third-order valence-corrected chi connectivity index (χ3v) is 7.28. The zero-order valence-electron chi connectivity index (χ0n) is 17.5. The fourth-order valence-corrected chi connectivity index (χ4v) is 5.15. The highest BCUT2D eigenvalue weighted by atomic mass is 35.5. The van der Waals surface area contributed by atoms with Crippen LogP contribution in [0.25, 0.3) is 0 Å². The third kappa shape index (κ3) is 4.74. The molecule has 0 saturated carbocycles. The van der Waals surface area contributed by atoms with Crippen molar-refractivity contribution in [3.63, 3.8) is 0 Å². The van der Waals surface area contributed by atoms with Crippen LogP contribution in [0, 0.1) is 6.92 Å². The van der Waals surface area contributed by atoms with Gasteiger partial charge in [-0.2, -0.15) is 0 Å². The first-order valence-electron chi connectivity index (χ1n) is 10.2. The number of halogens is 1. The first-order valence-corrected chi connectivity index (χ1v) is 12.0. The second-order valence-corrected chi connectivity index (χ2v) is 9.89. The van der Waals surface area contributed by atoms with E-state index in [2.05, 4.69) is 5.32 Å². The molecule has 1 amide bonds. The maximum atomic E-state index is 13.4. The van der Waals surface area contributed by atoms with Crippen LogP contribution in [-0.2, 0) is 21.2 Å². The molecule has 0 aliphatic carbocycles. The topological polar surface area (TPSA) is 75.7 Å². The van der Waals surface area contributed by atoms with E-state index in [0.717, 1.165) is 11.1 Å². The second-order valence-electron chi connectivity index (χ2n) is 7.59.